The van der Waals surface area contributed by atoms with Crippen molar-refractivity contribution in [3.63, 3.8) is 0 Å². The molecule has 0 saturated heterocycles. The molecule has 3 amide bonds. The molecule has 0 atom stereocenters. The first-order valence-electron chi connectivity index (χ1n) is 9.14. The lowest BCUT2D eigenvalue weighted by Gasteiger charge is -2.26. The largest absolute Gasteiger partial charge is 0.355 e. The molecule has 0 spiro atoms. The molecule has 0 aromatic heterocycles. The predicted molar refractivity (Wildman–Crippen MR) is 109 cm³/mol. The number of carbonyl (C=O) groups excluding carboxylic acids is 3. The van der Waals surface area contributed by atoms with E-state index >= 15 is 0 Å². The van der Waals surface area contributed by atoms with E-state index in [9.17, 15) is 14.4 Å². The van der Waals surface area contributed by atoms with Crippen molar-refractivity contribution < 1.29 is 14.4 Å². The van der Waals surface area contributed by atoms with Gasteiger partial charge in [-0.25, -0.2) is 0 Å². The average Bonchev–Trinajstić information content (AvgIpc) is 2.86. The first kappa shape index (κ1) is 19.6. The molecule has 2 aliphatic heterocycles. The van der Waals surface area contributed by atoms with E-state index in [4.69, 9.17) is 0 Å². The van der Waals surface area contributed by atoms with Crippen molar-refractivity contribution in [3.05, 3.63) is 64.4 Å². The summed E-state index contributed by atoms with van der Waals surface area (Å²) in [6.07, 6.45) is 3.62. The zero-order valence-corrected chi connectivity index (χ0v) is 17.1. The van der Waals surface area contributed by atoms with E-state index in [1.807, 2.05) is 25.3 Å². The van der Waals surface area contributed by atoms with Gasteiger partial charge in [0.15, 0.2) is 0 Å². The molecule has 1 N–H and O–H groups in total. The molecule has 2 aliphatic rings. The summed E-state index contributed by atoms with van der Waals surface area (Å²) in [6, 6.07) is 8.19. The molecule has 0 unspecified atom stereocenters. The number of carbonyl (C=O) groups is 3. The molecule has 2 heterocycles. The molecule has 28 heavy (non-hydrogen) atoms. The Morgan fingerprint density at radius 2 is 1.68 bits per heavy atom. The Balaban J connectivity index is 2.13. The molecule has 0 aliphatic carbocycles. The minimum atomic E-state index is -0.586. The fraction of sp³-hybridized carbons (Fsp3) is 0.318. The minimum Gasteiger partial charge on any atom is -0.355 e. The third-order valence-corrected chi connectivity index (χ3v) is 5.63. The summed E-state index contributed by atoms with van der Waals surface area (Å²) >= 11 is 0. The van der Waals surface area contributed by atoms with Gasteiger partial charge < -0.3 is 10.2 Å². The Morgan fingerprint density at radius 1 is 1.04 bits per heavy atom. The maximum atomic E-state index is 12.7. The fourth-order valence-electron chi connectivity index (χ4n) is 3.95. The van der Waals surface area contributed by atoms with Gasteiger partial charge in [-0.1, -0.05) is 32.0 Å². The van der Waals surface area contributed by atoms with Gasteiger partial charge in [0.1, 0.15) is 5.57 Å². The molecule has 1 aromatic carbocycles. The van der Waals surface area contributed by atoms with Crippen molar-refractivity contribution in [2.75, 3.05) is 26.0 Å². The third kappa shape index (κ3) is 2.76. The predicted octanol–water partition coefficient (Wildman–Crippen LogP) is 2.29. The van der Waals surface area contributed by atoms with Crippen LogP contribution in [-0.2, 0) is 19.8 Å². The molecule has 6 nitrogen and oxygen atoms in total. The Hall–Kier alpha value is -3.15. The number of amides is 3. The van der Waals surface area contributed by atoms with Gasteiger partial charge in [0.25, 0.3) is 17.7 Å². The number of likely N-dealkylation sites (N-methyl/N-ethyl adjacent to an activating group) is 3. The molecular weight excluding hydrogens is 354 g/mol. The number of fused-ring (bicyclic) bond motifs is 1. The number of hydrogen-bond acceptors (Lipinski definition) is 4. The van der Waals surface area contributed by atoms with Crippen LogP contribution in [0.5, 0.6) is 0 Å². The maximum absolute atomic E-state index is 12.7. The summed E-state index contributed by atoms with van der Waals surface area (Å²) in [5.74, 6) is -1.49. The normalized spacial score (nSPS) is 21.6. The summed E-state index contributed by atoms with van der Waals surface area (Å²) in [7, 11) is 4.85. The van der Waals surface area contributed by atoms with Crippen LogP contribution in [0.3, 0.4) is 0 Å². The SMILES string of the molecule is CNC(=O)C1=C(C)C(=CC=C2N(C)c3ccccc3C2(C)C)C(=O)N(C)C1=O. The second kappa shape index (κ2) is 6.78. The highest BCUT2D eigenvalue weighted by molar-refractivity contribution is 6.28. The number of nitrogens with zero attached hydrogens (tertiary/aromatic N) is 2. The summed E-state index contributed by atoms with van der Waals surface area (Å²) < 4.78 is 0. The summed E-state index contributed by atoms with van der Waals surface area (Å²) in [5.41, 5.74) is 3.86. The number of hydrogen-bond donors (Lipinski definition) is 1. The van der Waals surface area contributed by atoms with Gasteiger partial charge >= 0.3 is 0 Å². The Kier molecular flexibility index (Phi) is 4.75. The molecule has 6 heteroatoms. The lowest BCUT2D eigenvalue weighted by atomic mass is 9.83. The summed E-state index contributed by atoms with van der Waals surface area (Å²) in [6.45, 7) is 5.91. The number of benzene rings is 1. The number of nitrogens with one attached hydrogen (secondary N) is 1. The zero-order chi connectivity index (χ0) is 20.8. The number of anilines is 1. The maximum Gasteiger partial charge on any atom is 0.266 e. The topological polar surface area (TPSA) is 69.7 Å². The van der Waals surface area contributed by atoms with Crippen LogP contribution in [0, 0.1) is 0 Å². The van der Waals surface area contributed by atoms with Gasteiger partial charge in [-0.05, 0) is 36.3 Å². The lowest BCUT2D eigenvalue weighted by molar-refractivity contribution is -0.139. The number of para-hydroxylation sites is 1. The van der Waals surface area contributed by atoms with Gasteiger partial charge in [0, 0.05) is 43.5 Å². The number of rotatable bonds is 2. The third-order valence-electron chi connectivity index (χ3n) is 5.63. The molecule has 1 aromatic rings. The first-order valence-corrected chi connectivity index (χ1v) is 9.14. The van der Waals surface area contributed by atoms with Crippen molar-refractivity contribution in [1.29, 1.82) is 0 Å². The van der Waals surface area contributed by atoms with Crippen LogP contribution >= 0.6 is 0 Å². The Labute approximate surface area is 165 Å². The second-order valence-corrected chi connectivity index (χ2v) is 7.58. The number of allylic oxidation sites excluding steroid dienone is 3. The van der Waals surface area contributed by atoms with Crippen molar-refractivity contribution in [3.8, 4) is 0 Å². The molecular formula is C22H25N3O3. The molecule has 0 bridgehead atoms. The Bertz CT molecular complexity index is 982. The van der Waals surface area contributed by atoms with E-state index in [0.29, 0.717) is 11.1 Å². The molecule has 146 valence electrons. The second-order valence-electron chi connectivity index (χ2n) is 7.58. The van der Waals surface area contributed by atoms with E-state index in [1.54, 1.807) is 13.0 Å². The summed E-state index contributed by atoms with van der Waals surface area (Å²) in [5, 5.41) is 2.47. The quantitative estimate of drug-likeness (QED) is 0.486. The zero-order valence-electron chi connectivity index (χ0n) is 17.1. The van der Waals surface area contributed by atoms with E-state index in [2.05, 4.69) is 36.2 Å². The fourth-order valence-corrected chi connectivity index (χ4v) is 3.95. The van der Waals surface area contributed by atoms with E-state index < -0.39 is 17.7 Å². The minimum absolute atomic E-state index is 0.00317. The van der Waals surface area contributed by atoms with E-state index in [-0.39, 0.29) is 11.0 Å². The van der Waals surface area contributed by atoms with Crippen LogP contribution < -0.4 is 10.2 Å². The highest BCUT2D eigenvalue weighted by atomic mass is 16.2. The van der Waals surface area contributed by atoms with Gasteiger partial charge in [-0.2, -0.15) is 0 Å². The average molecular weight is 379 g/mol. The van der Waals surface area contributed by atoms with Crippen molar-refractivity contribution in [1.82, 2.24) is 10.2 Å². The van der Waals surface area contributed by atoms with Crippen LogP contribution in [0.25, 0.3) is 0 Å². The van der Waals surface area contributed by atoms with Gasteiger partial charge in [-0.15, -0.1) is 0 Å². The van der Waals surface area contributed by atoms with Crippen LogP contribution in [0.1, 0.15) is 26.3 Å². The molecule has 0 saturated carbocycles. The van der Waals surface area contributed by atoms with Crippen LogP contribution in [0.4, 0.5) is 5.69 Å². The smallest absolute Gasteiger partial charge is 0.266 e. The van der Waals surface area contributed by atoms with Crippen molar-refractivity contribution in [2.45, 2.75) is 26.2 Å². The molecule has 3 rings (SSSR count). The van der Waals surface area contributed by atoms with Gasteiger partial charge in [0.05, 0.1) is 0 Å². The van der Waals surface area contributed by atoms with Crippen molar-refractivity contribution in [2.24, 2.45) is 0 Å². The standard InChI is InChI=1S/C22H25N3O3/c1-13-14(20(27)25(6)21(28)18(13)19(26)23-4)11-12-17-22(2,3)15-9-7-8-10-16(15)24(17)5/h7-12H,1-6H3,(H,23,26). The van der Waals surface area contributed by atoms with Gasteiger partial charge in [0.2, 0.25) is 0 Å². The molecule has 0 fully saturated rings. The van der Waals surface area contributed by atoms with Crippen LogP contribution in [-0.4, -0.2) is 43.8 Å². The van der Waals surface area contributed by atoms with E-state index in [0.717, 1.165) is 16.3 Å². The van der Waals surface area contributed by atoms with E-state index in [1.165, 1.54) is 19.7 Å². The van der Waals surface area contributed by atoms with Crippen molar-refractivity contribution >= 4 is 23.4 Å². The monoisotopic (exact) mass is 379 g/mol. The number of imide groups is 1. The lowest BCUT2D eigenvalue weighted by Crippen LogP contribution is -2.43. The van der Waals surface area contributed by atoms with Crippen LogP contribution in [0.2, 0.25) is 0 Å². The van der Waals surface area contributed by atoms with Gasteiger partial charge in [-0.3, -0.25) is 19.3 Å². The Morgan fingerprint density at radius 3 is 2.29 bits per heavy atom. The summed E-state index contributed by atoms with van der Waals surface area (Å²) in [4.78, 5) is 40.4. The highest BCUT2D eigenvalue weighted by Crippen LogP contribution is 2.46. The van der Waals surface area contributed by atoms with Crippen LogP contribution in [0.15, 0.2) is 58.8 Å². The molecule has 0 radical (unpaired) electrons. The first-order chi connectivity index (χ1) is 13.1. The highest BCUT2D eigenvalue weighted by Gasteiger charge is 2.39.